The van der Waals surface area contributed by atoms with Gasteiger partial charge < -0.3 is 5.32 Å². The lowest BCUT2D eigenvalue weighted by atomic mass is 10.0. The zero-order chi connectivity index (χ0) is 13.9. The highest BCUT2D eigenvalue weighted by atomic mass is 15.2. The molecule has 1 aromatic rings. The van der Waals surface area contributed by atoms with Gasteiger partial charge in [-0.15, -0.1) is 0 Å². The van der Waals surface area contributed by atoms with E-state index < -0.39 is 0 Å². The van der Waals surface area contributed by atoms with Crippen molar-refractivity contribution in [3.8, 4) is 0 Å². The van der Waals surface area contributed by atoms with Crippen molar-refractivity contribution in [2.75, 3.05) is 13.1 Å². The smallest absolute Gasteiger partial charge is 0.0237 e. The number of benzene rings is 1. The van der Waals surface area contributed by atoms with Gasteiger partial charge in [0.25, 0.3) is 0 Å². The Hall–Kier alpha value is -0.860. The molecule has 0 amide bonds. The highest BCUT2D eigenvalue weighted by Crippen LogP contribution is 2.24. The maximum atomic E-state index is 3.68. The number of hydrogen-bond donors (Lipinski definition) is 1. The Bertz CT molecular complexity index is 455. The zero-order valence-corrected chi connectivity index (χ0v) is 13.0. The first kappa shape index (κ1) is 14.1. The van der Waals surface area contributed by atoms with Gasteiger partial charge >= 0.3 is 0 Å². The van der Waals surface area contributed by atoms with E-state index >= 15 is 0 Å². The van der Waals surface area contributed by atoms with Crippen LogP contribution in [-0.4, -0.2) is 30.1 Å². The number of rotatable bonds is 3. The second-order valence-electron chi connectivity index (χ2n) is 6.58. The maximum Gasteiger partial charge on any atom is 0.0237 e. The molecule has 1 heterocycles. The van der Waals surface area contributed by atoms with Crippen LogP contribution >= 0.6 is 0 Å². The van der Waals surface area contributed by atoms with E-state index in [4.69, 9.17) is 0 Å². The molecule has 2 heteroatoms. The van der Waals surface area contributed by atoms with Gasteiger partial charge in [0.05, 0.1) is 0 Å². The Morgan fingerprint density at radius 1 is 1.25 bits per heavy atom. The summed E-state index contributed by atoms with van der Waals surface area (Å²) in [6, 6.07) is 8.54. The summed E-state index contributed by atoms with van der Waals surface area (Å²) >= 11 is 0. The molecule has 0 aromatic heterocycles. The van der Waals surface area contributed by atoms with Gasteiger partial charge in [-0.3, -0.25) is 4.90 Å². The van der Waals surface area contributed by atoms with Crippen LogP contribution < -0.4 is 5.32 Å². The molecule has 2 aliphatic rings. The van der Waals surface area contributed by atoms with Gasteiger partial charge in [-0.1, -0.05) is 25.1 Å². The second-order valence-corrected chi connectivity index (χ2v) is 6.58. The van der Waals surface area contributed by atoms with Crippen molar-refractivity contribution >= 4 is 0 Å². The minimum atomic E-state index is 0.661. The van der Waals surface area contributed by atoms with Gasteiger partial charge in [0.1, 0.15) is 0 Å². The molecule has 0 bridgehead atoms. The van der Waals surface area contributed by atoms with Crippen LogP contribution in [0.3, 0.4) is 0 Å². The van der Waals surface area contributed by atoms with Crippen molar-refractivity contribution < 1.29 is 0 Å². The molecule has 0 spiro atoms. The molecule has 2 unspecified atom stereocenters. The molecule has 1 aliphatic heterocycles. The third-order valence-corrected chi connectivity index (χ3v) is 5.11. The van der Waals surface area contributed by atoms with Gasteiger partial charge in [0, 0.05) is 25.2 Å². The normalized spacial score (nSPS) is 27.3. The van der Waals surface area contributed by atoms with E-state index in [1.165, 1.54) is 50.8 Å². The minimum absolute atomic E-state index is 0.661. The molecule has 0 radical (unpaired) electrons. The average Bonchev–Trinajstić information content (AvgIpc) is 2.85. The fraction of sp³-hybridized carbons (Fsp3) is 0.667. The second kappa shape index (κ2) is 6.28. The Morgan fingerprint density at radius 2 is 2.10 bits per heavy atom. The third-order valence-electron chi connectivity index (χ3n) is 5.11. The molecule has 1 saturated heterocycles. The molecular formula is C18H28N2. The summed E-state index contributed by atoms with van der Waals surface area (Å²) in [6.07, 6.45) is 6.42. The van der Waals surface area contributed by atoms with Gasteiger partial charge in [-0.05, 0) is 62.3 Å². The molecule has 110 valence electrons. The van der Waals surface area contributed by atoms with E-state index in [0.717, 1.165) is 6.54 Å². The van der Waals surface area contributed by atoms with E-state index in [2.05, 4.69) is 42.3 Å². The zero-order valence-electron chi connectivity index (χ0n) is 13.0. The highest BCUT2D eigenvalue weighted by Gasteiger charge is 2.22. The molecule has 1 aromatic carbocycles. The molecule has 2 nitrogen and oxygen atoms in total. The summed E-state index contributed by atoms with van der Waals surface area (Å²) in [5, 5.41) is 3.68. The minimum Gasteiger partial charge on any atom is -0.313 e. The standard InChI is InChI=1S/C18H28N2/c1-3-18-13-20(14(2)9-10-19-18)12-15-7-8-16-5-4-6-17(16)11-15/h7-8,11,14,18-19H,3-6,9-10,12-13H2,1-2H3. The number of fused-ring (bicyclic) bond motifs is 1. The van der Waals surface area contributed by atoms with E-state index in [9.17, 15) is 0 Å². The first-order chi connectivity index (χ1) is 9.76. The van der Waals surface area contributed by atoms with Crippen LogP contribution in [0.1, 0.15) is 49.8 Å². The SMILES string of the molecule is CCC1CN(Cc2ccc3c(c2)CCC3)C(C)CCN1. The van der Waals surface area contributed by atoms with Gasteiger partial charge in [-0.25, -0.2) is 0 Å². The van der Waals surface area contributed by atoms with Gasteiger partial charge in [-0.2, -0.15) is 0 Å². The topological polar surface area (TPSA) is 15.3 Å². The fourth-order valence-electron chi connectivity index (χ4n) is 3.66. The highest BCUT2D eigenvalue weighted by molar-refractivity contribution is 5.35. The van der Waals surface area contributed by atoms with Gasteiger partial charge in [0.2, 0.25) is 0 Å². The lowest BCUT2D eigenvalue weighted by Crippen LogP contribution is -2.39. The number of aryl methyl sites for hydroxylation is 2. The van der Waals surface area contributed by atoms with E-state index in [0.29, 0.717) is 12.1 Å². The quantitative estimate of drug-likeness (QED) is 0.909. The summed E-state index contributed by atoms with van der Waals surface area (Å²) < 4.78 is 0. The van der Waals surface area contributed by atoms with Crippen molar-refractivity contribution in [3.63, 3.8) is 0 Å². The Morgan fingerprint density at radius 3 is 2.95 bits per heavy atom. The Kier molecular flexibility index (Phi) is 4.42. The molecule has 1 fully saturated rings. The maximum absolute atomic E-state index is 3.68. The summed E-state index contributed by atoms with van der Waals surface area (Å²) in [5.74, 6) is 0. The van der Waals surface area contributed by atoms with Crippen molar-refractivity contribution in [1.82, 2.24) is 10.2 Å². The van der Waals surface area contributed by atoms with Crippen LogP contribution in [0.2, 0.25) is 0 Å². The number of hydrogen-bond acceptors (Lipinski definition) is 2. The third kappa shape index (κ3) is 3.07. The van der Waals surface area contributed by atoms with Crippen LogP contribution in [0, 0.1) is 0 Å². The summed E-state index contributed by atoms with van der Waals surface area (Å²) in [4.78, 5) is 2.67. The summed E-state index contributed by atoms with van der Waals surface area (Å²) in [5.41, 5.74) is 4.70. The van der Waals surface area contributed by atoms with Crippen molar-refractivity contribution in [2.45, 2.75) is 64.6 Å². The Labute approximate surface area is 123 Å². The first-order valence-corrected chi connectivity index (χ1v) is 8.34. The Balaban J connectivity index is 1.71. The van der Waals surface area contributed by atoms with E-state index in [1.807, 2.05) is 0 Å². The molecule has 2 atom stereocenters. The van der Waals surface area contributed by atoms with Crippen LogP contribution in [0.15, 0.2) is 18.2 Å². The van der Waals surface area contributed by atoms with Crippen LogP contribution in [0.25, 0.3) is 0 Å². The summed E-state index contributed by atoms with van der Waals surface area (Å²) in [6.45, 7) is 8.15. The largest absolute Gasteiger partial charge is 0.313 e. The van der Waals surface area contributed by atoms with Crippen molar-refractivity contribution in [2.24, 2.45) is 0 Å². The van der Waals surface area contributed by atoms with Crippen molar-refractivity contribution in [1.29, 1.82) is 0 Å². The lowest BCUT2D eigenvalue weighted by Gasteiger charge is -2.29. The monoisotopic (exact) mass is 272 g/mol. The van der Waals surface area contributed by atoms with Crippen LogP contribution in [-0.2, 0) is 19.4 Å². The lowest BCUT2D eigenvalue weighted by molar-refractivity contribution is 0.194. The molecule has 20 heavy (non-hydrogen) atoms. The fourth-order valence-corrected chi connectivity index (χ4v) is 3.66. The van der Waals surface area contributed by atoms with E-state index in [1.54, 1.807) is 11.1 Å². The molecular weight excluding hydrogens is 244 g/mol. The number of nitrogens with zero attached hydrogens (tertiary/aromatic N) is 1. The molecule has 3 rings (SSSR count). The first-order valence-electron chi connectivity index (χ1n) is 8.34. The van der Waals surface area contributed by atoms with Crippen molar-refractivity contribution in [3.05, 3.63) is 34.9 Å². The number of nitrogens with one attached hydrogen (secondary N) is 1. The van der Waals surface area contributed by atoms with Crippen LogP contribution in [0.4, 0.5) is 0 Å². The van der Waals surface area contributed by atoms with E-state index in [-0.39, 0.29) is 0 Å². The average molecular weight is 272 g/mol. The van der Waals surface area contributed by atoms with Gasteiger partial charge in [0.15, 0.2) is 0 Å². The molecule has 1 aliphatic carbocycles. The predicted molar refractivity (Wildman–Crippen MR) is 85.0 cm³/mol. The molecule has 0 saturated carbocycles. The summed E-state index contributed by atoms with van der Waals surface area (Å²) in [7, 11) is 0. The van der Waals surface area contributed by atoms with Crippen LogP contribution in [0.5, 0.6) is 0 Å². The predicted octanol–water partition coefficient (Wildman–Crippen LogP) is 3.14. The molecule has 1 N–H and O–H groups in total.